The molecule has 1 rings (SSSR count). The van der Waals surface area contributed by atoms with Crippen molar-refractivity contribution in [3.05, 3.63) is 29.8 Å². The van der Waals surface area contributed by atoms with Gasteiger partial charge in [0.05, 0.1) is 5.56 Å². The summed E-state index contributed by atoms with van der Waals surface area (Å²) < 4.78 is 42.1. The number of aliphatic carboxylic acids is 1. The summed E-state index contributed by atoms with van der Waals surface area (Å²) in [5, 5.41) is 11.2. The van der Waals surface area contributed by atoms with E-state index >= 15 is 0 Å². The average Bonchev–Trinajstić information content (AvgIpc) is 2.44. The molecule has 0 radical (unpaired) electrons. The van der Waals surface area contributed by atoms with Crippen LogP contribution >= 0.6 is 0 Å². The molecule has 0 spiro atoms. The molecule has 0 aliphatic heterocycles. The van der Waals surface area contributed by atoms with Crippen LogP contribution in [-0.2, 0) is 15.8 Å². The van der Waals surface area contributed by atoms with Crippen molar-refractivity contribution in [1.29, 1.82) is 0 Å². The maximum absolute atomic E-state index is 12.4. The van der Waals surface area contributed by atoms with Gasteiger partial charge >= 0.3 is 12.1 Å². The number of carbonyl (C=O) groups is 2. The summed E-state index contributed by atoms with van der Waals surface area (Å²) in [4.78, 5) is 22.4. The van der Waals surface area contributed by atoms with E-state index < -0.39 is 36.3 Å². The molecule has 2 N–H and O–H groups in total. The van der Waals surface area contributed by atoms with E-state index in [1.807, 2.05) is 0 Å². The van der Waals surface area contributed by atoms with Gasteiger partial charge in [0.25, 0.3) is 5.91 Å². The van der Waals surface area contributed by atoms with E-state index in [4.69, 9.17) is 9.84 Å². The van der Waals surface area contributed by atoms with Crippen molar-refractivity contribution in [3.63, 3.8) is 0 Å². The summed E-state index contributed by atoms with van der Waals surface area (Å²) in [6.07, 6.45) is -3.58. The minimum absolute atomic E-state index is 0.0884. The van der Waals surface area contributed by atoms with Crippen molar-refractivity contribution in [1.82, 2.24) is 5.32 Å². The molecule has 1 atom stereocenters. The van der Waals surface area contributed by atoms with Crippen LogP contribution in [0.3, 0.4) is 0 Å². The Labute approximate surface area is 125 Å². The molecule has 0 aromatic heterocycles. The molecular formula is C14H16F3NO4. The van der Waals surface area contributed by atoms with Gasteiger partial charge in [0, 0.05) is 0 Å². The van der Waals surface area contributed by atoms with Crippen molar-refractivity contribution >= 4 is 11.9 Å². The van der Waals surface area contributed by atoms with Gasteiger partial charge in [-0.2, -0.15) is 13.2 Å². The molecule has 8 heteroatoms. The third-order valence-electron chi connectivity index (χ3n) is 2.76. The lowest BCUT2D eigenvalue weighted by atomic mass is 10.2. The van der Waals surface area contributed by atoms with Gasteiger partial charge in [-0.15, -0.1) is 0 Å². The molecule has 0 saturated carbocycles. The molecule has 1 amide bonds. The Morgan fingerprint density at radius 1 is 1.27 bits per heavy atom. The molecule has 0 saturated heterocycles. The number of carboxylic acid groups (broad SMARTS) is 1. The van der Waals surface area contributed by atoms with Crippen LogP contribution in [0, 0.1) is 0 Å². The first-order valence-electron chi connectivity index (χ1n) is 6.56. The Kier molecular flexibility index (Phi) is 6.21. The summed E-state index contributed by atoms with van der Waals surface area (Å²) in [7, 11) is 0. The van der Waals surface area contributed by atoms with Crippen molar-refractivity contribution in [2.75, 3.05) is 6.61 Å². The number of amides is 1. The molecule has 0 heterocycles. The van der Waals surface area contributed by atoms with Crippen LogP contribution in [-0.4, -0.2) is 29.6 Å². The number of rotatable bonds is 7. The Hall–Kier alpha value is -2.25. The van der Waals surface area contributed by atoms with E-state index in [1.165, 1.54) is 0 Å². The molecule has 0 bridgehead atoms. The highest BCUT2D eigenvalue weighted by atomic mass is 19.4. The van der Waals surface area contributed by atoms with Crippen molar-refractivity contribution in [2.24, 2.45) is 0 Å². The highest BCUT2D eigenvalue weighted by molar-refractivity contribution is 5.84. The Balaban J connectivity index is 2.52. The molecule has 0 aliphatic carbocycles. The molecule has 0 fully saturated rings. The smallest absolute Gasteiger partial charge is 0.416 e. The maximum Gasteiger partial charge on any atom is 0.416 e. The van der Waals surface area contributed by atoms with Crippen molar-refractivity contribution < 1.29 is 32.6 Å². The standard InChI is InChI=1S/C14H16F3NO4/c1-2-3-11(13(20)21)18-12(19)8-22-10-6-4-9(5-7-10)14(15,16)17/h4-7,11H,2-3,8H2,1H3,(H,18,19)(H,20,21). The van der Waals surface area contributed by atoms with E-state index in [-0.39, 0.29) is 12.2 Å². The number of nitrogens with one attached hydrogen (secondary N) is 1. The van der Waals surface area contributed by atoms with Crippen molar-refractivity contribution in [2.45, 2.75) is 32.0 Å². The maximum atomic E-state index is 12.4. The number of alkyl halides is 3. The number of hydrogen-bond acceptors (Lipinski definition) is 3. The van der Waals surface area contributed by atoms with Crippen LogP contribution in [0.15, 0.2) is 24.3 Å². The zero-order valence-electron chi connectivity index (χ0n) is 11.8. The van der Waals surface area contributed by atoms with Gasteiger partial charge < -0.3 is 15.2 Å². The molecular weight excluding hydrogens is 303 g/mol. The normalized spacial score (nSPS) is 12.5. The number of ether oxygens (including phenoxy) is 1. The lowest BCUT2D eigenvalue weighted by Crippen LogP contribution is -2.42. The zero-order chi connectivity index (χ0) is 16.8. The second kappa shape index (κ2) is 7.67. The fourth-order valence-electron chi connectivity index (χ4n) is 1.67. The summed E-state index contributed by atoms with van der Waals surface area (Å²) in [6.45, 7) is 1.31. The third-order valence-corrected chi connectivity index (χ3v) is 2.76. The third kappa shape index (κ3) is 5.63. The van der Waals surface area contributed by atoms with Gasteiger partial charge in [0.1, 0.15) is 11.8 Å². The summed E-state index contributed by atoms with van der Waals surface area (Å²) in [5.74, 6) is -1.71. The van der Waals surface area contributed by atoms with Crippen LogP contribution in [0.4, 0.5) is 13.2 Å². The molecule has 5 nitrogen and oxygen atoms in total. The van der Waals surface area contributed by atoms with E-state index in [2.05, 4.69) is 5.32 Å². The Bertz CT molecular complexity index is 514. The van der Waals surface area contributed by atoms with Gasteiger partial charge in [-0.3, -0.25) is 4.79 Å². The largest absolute Gasteiger partial charge is 0.484 e. The monoisotopic (exact) mass is 319 g/mol. The lowest BCUT2D eigenvalue weighted by molar-refractivity contribution is -0.142. The van der Waals surface area contributed by atoms with Crippen LogP contribution in [0.1, 0.15) is 25.3 Å². The number of halogens is 3. The fourth-order valence-corrected chi connectivity index (χ4v) is 1.67. The van der Waals surface area contributed by atoms with Gasteiger partial charge in [0.15, 0.2) is 6.61 Å². The topological polar surface area (TPSA) is 75.6 Å². The fraction of sp³-hybridized carbons (Fsp3) is 0.429. The van der Waals surface area contributed by atoms with E-state index in [0.29, 0.717) is 6.42 Å². The van der Waals surface area contributed by atoms with Crippen LogP contribution in [0.25, 0.3) is 0 Å². The molecule has 1 aromatic carbocycles. The molecule has 0 aliphatic rings. The zero-order valence-corrected chi connectivity index (χ0v) is 11.8. The first kappa shape index (κ1) is 17.8. The predicted molar refractivity (Wildman–Crippen MR) is 71.4 cm³/mol. The van der Waals surface area contributed by atoms with Crippen LogP contribution in [0.5, 0.6) is 5.75 Å². The van der Waals surface area contributed by atoms with Gasteiger partial charge in [-0.05, 0) is 30.7 Å². The number of hydrogen-bond donors (Lipinski definition) is 2. The van der Waals surface area contributed by atoms with Gasteiger partial charge in [-0.1, -0.05) is 13.3 Å². The number of carboxylic acids is 1. The first-order valence-corrected chi connectivity index (χ1v) is 6.56. The Morgan fingerprint density at radius 2 is 1.86 bits per heavy atom. The predicted octanol–water partition coefficient (Wildman–Crippen LogP) is 2.45. The van der Waals surface area contributed by atoms with Gasteiger partial charge in [0.2, 0.25) is 0 Å². The second-order valence-electron chi connectivity index (χ2n) is 4.56. The summed E-state index contributed by atoms with van der Waals surface area (Å²) in [5.41, 5.74) is -0.821. The summed E-state index contributed by atoms with van der Waals surface area (Å²) >= 11 is 0. The quantitative estimate of drug-likeness (QED) is 0.809. The molecule has 1 unspecified atom stereocenters. The minimum atomic E-state index is -4.44. The first-order chi connectivity index (χ1) is 10.2. The van der Waals surface area contributed by atoms with Crippen LogP contribution in [0.2, 0.25) is 0 Å². The van der Waals surface area contributed by atoms with Crippen LogP contribution < -0.4 is 10.1 Å². The average molecular weight is 319 g/mol. The minimum Gasteiger partial charge on any atom is -0.484 e. The Morgan fingerprint density at radius 3 is 2.32 bits per heavy atom. The lowest BCUT2D eigenvalue weighted by Gasteiger charge is -2.14. The van der Waals surface area contributed by atoms with E-state index in [0.717, 1.165) is 24.3 Å². The molecule has 22 heavy (non-hydrogen) atoms. The van der Waals surface area contributed by atoms with E-state index in [9.17, 15) is 22.8 Å². The molecule has 122 valence electrons. The summed E-state index contributed by atoms with van der Waals surface area (Å²) in [6, 6.07) is 2.86. The number of carbonyl (C=O) groups excluding carboxylic acids is 1. The molecule has 1 aromatic rings. The highest BCUT2D eigenvalue weighted by Crippen LogP contribution is 2.30. The van der Waals surface area contributed by atoms with E-state index in [1.54, 1.807) is 6.92 Å². The van der Waals surface area contributed by atoms with Crippen molar-refractivity contribution in [3.8, 4) is 5.75 Å². The van der Waals surface area contributed by atoms with Gasteiger partial charge in [-0.25, -0.2) is 4.79 Å². The highest BCUT2D eigenvalue weighted by Gasteiger charge is 2.30. The second-order valence-corrected chi connectivity index (χ2v) is 4.56. The SMILES string of the molecule is CCCC(NC(=O)COc1ccc(C(F)(F)F)cc1)C(=O)O. The number of benzene rings is 1.